The van der Waals surface area contributed by atoms with Gasteiger partial charge in [-0.2, -0.15) is 8.42 Å². The number of anilines is 1. The fraction of sp³-hybridized carbons (Fsp3) is 0.250. The lowest BCUT2D eigenvalue weighted by atomic mass is 9.91. The first-order valence-corrected chi connectivity index (χ1v) is 24.9. The van der Waals surface area contributed by atoms with Crippen molar-refractivity contribution >= 4 is 79.9 Å². The summed E-state index contributed by atoms with van der Waals surface area (Å²) in [5.74, 6) is 1.30. The van der Waals surface area contributed by atoms with E-state index in [9.17, 15) is 21.4 Å². The van der Waals surface area contributed by atoms with Crippen LogP contribution in [0.2, 0.25) is 0 Å². The molecule has 12 heteroatoms. The summed E-state index contributed by atoms with van der Waals surface area (Å²) in [6.45, 7) is 11.9. The van der Waals surface area contributed by atoms with Crippen LogP contribution in [0.5, 0.6) is 5.75 Å². The van der Waals surface area contributed by atoms with Crippen LogP contribution in [0.25, 0.3) is 76.5 Å². The number of ether oxygens (including phenoxy) is 1. The van der Waals surface area contributed by atoms with E-state index in [2.05, 4.69) is 97.8 Å². The molecule has 0 bridgehead atoms. The standard InChI is InChI=1S/C52H51N3O7S2/c1-6-54(7-2)37-19-24-43-47(31-37)62-48-32-38(55(8-3)9-4)20-25-44(48)52(43)45-26-21-39(33-49(45)64(58,59)60)63(56,57)53(5)28-12-13-29-61-46-27-18-34-16-22-41-40-15-11-10-14-35(40)30-36-17-23-42(46)50(34)51(36)41/h10-11,14-27,30-33H,6-9,12-13,28-29H2,1-5H3/p+1. The van der Waals surface area contributed by atoms with Gasteiger partial charge in [0.2, 0.25) is 15.4 Å². The number of sulfonamides is 1. The SMILES string of the molecule is CCN(CC)c1ccc2c(-c3ccc(S(=O)(=O)N(C)CCCCOc4ccc5ccc6c7ccccc7cc7ccc4c5c76)cc3S(=O)(=O)O)c3ccc(=[N+](CC)CC)cc-3oc2c1. The number of benzene rings is 8. The number of unbranched alkanes of at least 4 members (excludes halogenated alkanes) is 1. The zero-order chi connectivity index (χ0) is 44.9. The Labute approximate surface area is 374 Å². The average molecular weight is 895 g/mol. The number of hydrogen-bond acceptors (Lipinski definition) is 7. The van der Waals surface area contributed by atoms with Crippen molar-refractivity contribution in [3.05, 3.63) is 127 Å². The lowest BCUT2D eigenvalue weighted by molar-refractivity contribution is 0.304. The van der Waals surface area contributed by atoms with Gasteiger partial charge in [0.1, 0.15) is 35.1 Å². The van der Waals surface area contributed by atoms with Crippen LogP contribution in [0.1, 0.15) is 40.5 Å². The molecule has 1 N–H and O–H groups in total. The molecule has 0 aromatic heterocycles. The Balaban J connectivity index is 0.987. The zero-order valence-corrected chi connectivity index (χ0v) is 38.4. The first kappa shape index (κ1) is 43.2. The maximum atomic E-state index is 14.1. The molecule has 0 spiro atoms. The van der Waals surface area contributed by atoms with Crippen molar-refractivity contribution < 1.29 is 30.5 Å². The van der Waals surface area contributed by atoms with Crippen LogP contribution in [-0.2, 0) is 20.1 Å². The molecule has 10 nitrogen and oxygen atoms in total. The quantitative estimate of drug-likeness (QED) is 0.0355. The lowest BCUT2D eigenvalue weighted by Crippen LogP contribution is -2.29. The van der Waals surface area contributed by atoms with Gasteiger partial charge in [0.25, 0.3) is 10.1 Å². The van der Waals surface area contributed by atoms with Crippen molar-refractivity contribution in [1.82, 2.24) is 8.88 Å². The van der Waals surface area contributed by atoms with Gasteiger partial charge in [-0.15, -0.1) is 0 Å². The molecule has 1 heterocycles. The van der Waals surface area contributed by atoms with E-state index in [1.54, 1.807) is 0 Å². The highest BCUT2D eigenvalue weighted by atomic mass is 32.2. The number of hydrogen-bond donors (Lipinski definition) is 1. The molecule has 2 aliphatic rings. The zero-order valence-electron chi connectivity index (χ0n) is 36.8. The van der Waals surface area contributed by atoms with Crippen molar-refractivity contribution in [3.63, 3.8) is 0 Å². The summed E-state index contributed by atoms with van der Waals surface area (Å²) in [5, 5.41) is 10.9. The molecular formula is C52H52N3O7S2+. The van der Waals surface area contributed by atoms with Gasteiger partial charge in [0.15, 0.2) is 0 Å². The Morgan fingerprint density at radius 1 is 0.656 bits per heavy atom. The largest absolute Gasteiger partial charge is 0.493 e. The molecule has 0 atom stereocenters. The van der Waals surface area contributed by atoms with Crippen LogP contribution in [0.4, 0.5) is 5.69 Å². The molecule has 9 rings (SSSR count). The third kappa shape index (κ3) is 7.61. The van der Waals surface area contributed by atoms with Gasteiger partial charge in [-0.1, -0.05) is 54.6 Å². The van der Waals surface area contributed by atoms with Gasteiger partial charge < -0.3 is 14.1 Å². The molecule has 1 aliphatic heterocycles. The van der Waals surface area contributed by atoms with E-state index in [1.165, 1.54) is 50.4 Å². The van der Waals surface area contributed by atoms with Crippen molar-refractivity contribution in [2.75, 3.05) is 51.3 Å². The molecule has 0 saturated carbocycles. The fourth-order valence-corrected chi connectivity index (χ4v) is 11.4. The van der Waals surface area contributed by atoms with Crippen molar-refractivity contribution in [3.8, 4) is 28.2 Å². The van der Waals surface area contributed by atoms with E-state index in [-0.39, 0.29) is 17.0 Å². The van der Waals surface area contributed by atoms with Crippen molar-refractivity contribution in [2.24, 2.45) is 0 Å². The monoisotopic (exact) mass is 894 g/mol. The predicted molar refractivity (Wildman–Crippen MR) is 260 cm³/mol. The van der Waals surface area contributed by atoms with Crippen LogP contribution < -0.4 is 19.6 Å². The van der Waals surface area contributed by atoms with E-state index in [4.69, 9.17) is 9.15 Å². The summed E-state index contributed by atoms with van der Waals surface area (Å²) in [6.07, 6.45) is 1.07. The number of nitrogens with zero attached hydrogens (tertiary/aromatic N) is 3. The molecule has 0 saturated heterocycles. The molecule has 64 heavy (non-hydrogen) atoms. The second-order valence-electron chi connectivity index (χ2n) is 16.3. The van der Waals surface area contributed by atoms with Gasteiger partial charge in [-0.25, -0.2) is 17.3 Å². The normalized spacial score (nSPS) is 12.5. The Hall–Kier alpha value is -6.05. The van der Waals surface area contributed by atoms with Crippen molar-refractivity contribution in [2.45, 2.75) is 50.3 Å². The highest BCUT2D eigenvalue weighted by Gasteiger charge is 2.29. The Bertz CT molecular complexity index is 3500. The van der Waals surface area contributed by atoms with Gasteiger partial charge in [0, 0.05) is 77.4 Å². The van der Waals surface area contributed by atoms with Crippen molar-refractivity contribution in [1.29, 1.82) is 0 Å². The van der Waals surface area contributed by atoms with Gasteiger partial charge >= 0.3 is 0 Å². The topological polar surface area (TPSA) is 120 Å². The highest BCUT2D eigenvalue weighted by Crippen LogP contribution is 2.44. The van der Waals surface area contributed by atoms with E-state index >= 15 is 0 Å². The van der Waals surface area contributed by atoms with E-state index < -0.39 is 25.0 Å². The average Bonchev–Trinajstić information content (AvgIpc) is 3.30. The molecule has 7 aromatic rings. The minimum atomic E-state index is -4.93. The molecule has 7 aromatic carbocycles. The maximum absolute atomic E-state index is 14.1. The second-order valence-corrected chi connectivity index (χ2v) is 19.7. The smallest absolute Gasteiger partial charge is 0.295 e. The van der Waals surface area contributed by atoms with E-state index in [0.717, 1.165) is 65.2 Å². The van der Waals surface area contributed by atoms with Crippen LogP contribution in [-0.4, -0.2) is 72.1 Å². The first-order valence-electron chi connectivity index (χ1n) is 22.0. The molecule has 0 unspecified atom stereocenters. The molecule has 1 aliphatic carbocycles. The Morgan fingerprint density at radius 3 is 2.12 bits per heavy atom. The van der Waals surface area contributed by atoms with Crippen LogP contribution in [0.3, 0.4) is 0 Å². The third-order valence-corrected chi connectivity index (χ3v) is 15.5. The van der Waals surface area contributed by atoms with Gasteiger partial charge in [-0.3, -0.25) is 4.55 Å². The minimum absolute atomic E-state index is 0.165. The lowest BCUT2D eigenvalue weighted by Gasteiger charge is -2.23. The van der Waals surface area contributed by atoms with Gasteiger partial charge in [0.05, 0.1) is 17.6 Å². The molecule has 0 amide bonds. The molecule has 328 valence electrons. The Kier molecular flexibility index (Phi) is 11.6. The van der Waals surface area contributed by atoms with Crippen LogP contribution in [0.15, 0.2) is 136 Å². The first-order chi connectivity index (χ1) is 30.9. The third-order valence-electron chi connectivity index (χ3n) is 12.7. The van der Waals surface area contributed by atoms with E-state index in [0.29, 0.717) is 47.3 Å². The minimum Gasteiger partial charge on any atom is -0.493 e. The molecule has 0 radical (unpaired) electrons. The highest BCUT2D eigenvalue weighted by molar-refractivity contribution is 7.89. The maximum Gasteiger partial charge on any atom is 0.295 e. The Morgan fingerprint density at radius 2 is 1.36 bits per heavy atom. The second kappa shape index (κ2) is 17.2. The summed E-state index contributed by atoms with van der Waals surface area (Å²) < 4.78 is 81.8. The molecular weight excluding hydrogens is 843 g/mol. The molecule has 0 fully saturated rings. The summed E-state index contributed by atoms with van der Waals surface area (Å²) in [4.78, 5) is 1.44. The van der Waals surface area contributed by atoms with E-state index in [1.807, 2.05) is 42.5 Å². The summed E-state index contributed by atoms with van der Waals surface area (Å²) in [5.41, 5.74) is 2.77. The number of rotatable bonds is 15. The fourth-order valence-electron chi connectivity index (χ4n) is 9.38. The number of fused-ring (bicyclic) bond motifs is 4. The summed E-state index contributed by atoms with van der Waals surface area (Å²) in [6, 6.07) is 38.9. The van der Waals surface area contributed by atoms with Crippen LogP contribution >= 0.6 is 0 Å². The summed E-state index contributed by atoms with van der Waals surface area (Å²) in [7, 11) is -7.63. The predicted octanol–water partition coefficient (Wildman–Crippen LogP) is 10.6. The summed E-state index contributed by atoms with van der Waals surface area (Å²) >= 11 is 0. The van der Waals surface area contributed by atoms with Crippen LogP contribution in [0, 0.1) is 0 Å². The van der Waals surface area contributed by atoms with Gasteiger partial charge in [-0.05, 0) is 121 Å².